The third-order valence-corrected chi connectivity index (χ3v) is 2.12. The van der Waals surface area contributed by atoms with Crippen LogP contribution in [0.4, 0.5) is 11.8 Å². The molecular weight excluding hydrogens is 204 g/mol. The molecule has 0 spiro atoms. The van der Waals surface area contributed by atoms with Crippen molar-refractivity contribution in [3.63, 3.8) is 0 Å². The first kappa shape index (κ1) is 12.7. The Kier molecular flexibility index (Phi) is 5.56. The van der Waals surface area contributed by atoms with Crippen molar-refractivity contribution in [3.05, 3.63) is 12.3 Å². The van der Waals surface area contributed by atoms with Crippen molar-refractivity contribution in [3.8, 4) is 0 Å². The van der Waals surface area contributed by atoms with Gasteiger partial charge < -0.3 is 15.0 Å². The molecule has 0 radical (unpaired) electrons. The second-order valence-corrected chi connectivity index (χ2v) is 3.76. The zero-order chi connectivity index (χ0) is 11.8. The molecule has 0 saturated carbocycles. The summed E-state index contributed by atoms with van der Waals surface area (Å²) < 4.78 is 4.98. The zero-order valence-electron chi connectivity index (χ0n) is 10.2. The van der Waals surface area contributed by atoms with Gasteiger partial charge in [-0.2, -0.15) is 4.98 Å². The molecular formula is C11H20N4O. The van der Waals surface area contributed by atoms with Gasteiger partial charge in [-0.05, 0) is 18.9 Å². The summed E-state index contributed by atoms with van der Waals surface area (Å²) >= 11 is 0. The molecule has 0 atom stereocenters. The predicted molar refractivity (Wildman–Crippen MR) is 66.0 cm³/mol. The number of hydrogen-bond donors (Lipinski definition) is 1. The van der Waals surface area contributed by atoms with E-state index in [0.29, 0.717) is 0 Å². The molecule has 1 aromatic heterocycles. The largest absolute Gasteiger partial charge is 0.385 e. The van der Waals surface area contributed by atoms with Crippen LogP contribution in [0.2, 0.25) is 0 Å². The molecule has 0 bridgehead atoms. The van der Waals surface area contributed by atoms with Crippen LogP contribution in [0, 0.1) is 0 Å². The fourth-order valence-corrected chi connectivity index (χ4v) is 1.25. The highest BCUT2D eigenvalue weighted by Crippen LogP contribution is 2.07. The van der Waals surface area contributed by atoms with E-state index in [2.05, 4.69) is 15.3 Å². The second-order valence-electron chi connectivity index (χ2n) is 3.76. The van der Waals surface area contributed by atoms with Gasteiger partial charge in [0.15, 0.2) is 0 Å². The summed E-state index contributed by atoms with van der Waals surface area (Å²) in [4.78, 5) is 10.4. The van der Waals surface area contributed by atoms with Gasteiger partial charge in [0.25, 0.3) is 0 Å². The molecule has 1 aromatic rings. The summed E-state index contributed by atoms with van der Waals surface area (Å²) in [6.07, 6.45) is 3.91. The average molecular weight is 224 g/mol. The van der Waals surface area contributed by atoms with Gasteiger partial charge in [0, 0.05) is 40.6 Å². The van der Waals surface area contributed by atoms with Gasteiger partial charge in [0.05, 0.1) is 0 Å². The van der Waals surface area contributed by atoms with Crippen molar-refractivity contribution in [2.75, 3.05) is 44.6 Å². The molecule has 0 aliphatic heterocycles. The summed E-state index contributed by atoms with van der Waals surface area (Å²) in [6.45, 7) is 1.72. The number of aromatic nitrogens is 2. The van der Waals surface area contributed by atoms with Gasteiger partial charge in [0.1, 0.15) is 5.82 Å². The Morgan fingerprint density at radius 2 is 2.19 bits per heavy atom. The third kappa shape index (κ3) is 4.44. The molecule has 1 heterocycles. The summed E-state index contributed by atoms with van der Waals surface area (Å²) in [7, 11) is 5.58. The number of ether oxygens (including phenoxy) is 1. The van der Waals surface area contributed by atoms with Crippen LogP contribution in [0.25, 0.3) is 0 Å². The Balaban J connectivity index is 2.33. The van der Waals surface area contributed by atoms with Gasteiger partial charge in [0.2, 0.25) is 5.95 Å². The smallest absolute Gasteiger partial charge is 0.226 e. The van der Waals surface area contributed by atoms with Crippen LogP contribution in [0.3, 0.4) is 0 Å². The number of anilines is 2. The van der Waals surface area contributed by atoms with Gasteiger partial charge in [-0.25, -0.2) is 4.98 Å². The van der Waals surface area contributed by atoms with E-state index >= 15 is 0 Å². The van der Waals surface area contributed by atoms with E-state index in [0.717, 1.165) is 37.8 Å². The molecule has 90 valence electrons. The predicted octanol–water partition coefficient (Wildman–Crippen LogP) is 1.38. The summed E-state index contributed by atoms with van der Waals surface area (Å²) in [5.74, 6) is 1.60. The number of nitrogens with one attached hydrogen (secondary N) is 1. The monoisotopic (exact) mass is 224 g/mol. The molecule has 0 aliphatic carbocycles. The van der Waals surface area contributed by atoms with Crippen LogP contribution in [0.1, 0.15) is 12.8 Å². The summed E-state index contributed by atoms with van der Waals surface area (Å²) in [5, 5.41) is 3.27. The van der Waals surface area contributed by atoms with Gasteiger partial charge in [-0.15, -0.1) is 0 Å². The van der Waals surface area contributed by atoms with Crippen molar-refractivity contribution < 1.29 is 4.74 Å². The zero-order valence-corrected chi connectivity index (χ0v) is 10.2. The molecule has 0 fully saturated rings. The van der Waals surface area contributed by atoms with Crippen LogP contribution in [0.15, 0.2) is 12.3 Å². The van der Waals surface area contributed by atoms with Crippen LogP contribution in [-0.4, -0.2) is 44.3 Å². The Morgan fingerprint density at radius 3 is 2.88 bits per heavy atom. The quantitative estimate of drug-likeness (QED) is 0.709. The molecule has 0 amide bonds. The van der Waals surface area contributed by atoms with Crippen LogP contribution in [-0.2, 0) is 4.74 Å². The number of nitrogens with zero attached hydrogens (tertiary/aromatic N) is 3. The first-order chi connectivity index (χ1) is 7.74. The van der Waals surface area contributed by atoms with E-state index in [1.807, 2.05) is 25.1 Å². The number of methoxy groups -OCH3 is 1. The maximum Gasteiger partial charge on any atom is 0.226 e. The van der Waals surface area contributed by atoms with E-state index in [-0.39, 0.29) is 0 Å². The standard InChI is InChI=1S/C11H20N4O/c1-15(2)11-13-8-6-10(14-11)12-7-4-5-9-16-3/h6,8H,4-5,7,9H2,1-3H3,(H,12,13,14). The van der Waals surface area contributed by atoms with E-state index < -0.39 is 0 Å². The number of unbranched alkanes of at least 4 members (excludes halogenated alkanes) is 1. The van der Waals surface area contributed by atoms with Crippen LogP contribution < -0.4 is 10.2 Å². The topological polar surface area (TPSA) is 50.3 Å². The lowest BCUT2D eigenvalue weighted by molar-refractivity contribution is 0.194. The van der Waals surface area contributed by atoms with E-state index in [9.17, 15) is 0 Å². The van der Waals surface area contributed by atoms with Crippen molar-refractivity contribution in [1.29, 1.82) is 0 Å². The first-order valence-electron chi connectivity index (χ1n) is 5.47. The molecule has 0 unspecified atom stereocenters. The van der Waals surface area contributed by atoms with E-state index in [1.165, 1.54) is 0 Å². The molecule has 5 nitrogen and oxygen atoms in total. The normalized spacial score (nSPS) is 10.2. The van der Waals surface area contributed by atoms with Crippen molar-refractivity contribution in [1.82, 2.24) is 9.97 Å². The Bertz CT molecular complexity index is 304. The van der Waals surface area contributed by atoms with Crippen molar-refractivity contribution in [2.24, 2.45) is 0 Å². The lowest BCUT2D eigenvalue weighted by Gasteiger charge is -2.11. The third-order valence-electron chi connectivity index (χ3n) is 2.12. The second kappa shape index (κ2) is 7.00. The van der Waals surface area contributed by atoms with E-state index in [4.69, 9.17) is 4.74 Å². The Morgan fingerprint density at radius 1 is 1.38 bits per heavy atom. The fourth-order valence-electron chi connectivity index (χ4n) is 1.25. The first-order valence-corrected chi connectivity index (χ1v) is 5.47. The van der Waals surface area contributed by atoms with Gasteiger partial charge in [-0.3, -0.25) is 0 Å². The Hall–Kier alpha value is -1.36. The number of hydrogen-bond acceptors (Lipinski definition) is 5. The lowest BCUT2D eigenvalue weighted by atomic mass is 10.3. The van der Waals surface area contributed by atoms with E-state index in [1.54, 1.807) is 13.3 Å². The molecule has 0 saturated heterocycles. The Labute approximate surface area is 96.8 Å². The van der Waals surface area contributed by atoms with Crippen LogP contribution in [0.5, 0.6) is 0 Å². The molecule has 16 heavy (non-hydrogen) atoms. The molecule has 1 rings (SSSR count). The van der Waals surface area contributed by atoms with Crippen molar-refractivity contribution >= 4 is 11.8 Å². The van der Waals surface area contributed by atoms with Crippen LogP contribution >= 0.6 is 0 Å². The summed E-state index contributed by atoms with van der Waals surface area (Å²) in [6, 6.07) is 1.88. The average Bonchev–Trinajstić information content (AvgIpc) is 2.29. The molecule has 0 aliphatic rings. The maximum atomic E-state index is 4.98. The fraction of sp³-hybridized carbons (Fsp3) is 0.636. The van der Waals surface area contributed by atoms with Crippen molar-refractivity contribution in [2.45, 2.75) is 12.8 Å². The highest BCUT2D eigenvalue weighted by atomic mass is 16.5. The molecule has 1 N–H and O–H groups in total. The molecule has 5 heteroatoms. The lowest BCUT2D eigenvalue weighted by Crippen LogP contribution is -2.14. The number of rotatable bonds is 7. The van der Waals surface area contributed by atoms with Gasteiger partial charge in [-0.1, -0.05) is 0 Å². The minimum absolute atomic E-state index is 0.724. The minimum Gasteiger partial charge on any atom is -0.385 e. The van der Waals surface area contributed by atoms with Gasteiger partial charge >= 0.3 is 0 Å². The highest BCUT2D eigenvalue weighted by molar-refractivity contribution is 5.40. The maximum absolute atomic E-state index is 4.98. The molecule has 0 aromatic carbocycles. The summed E-state index contributed by atoms with van der Waals surface area (Å²) in [5.41, 5.74) is 0. The minimum atomic E-state index is 0.724. The highest BCUT2D eigenvalue weighted by Gasteiger charge is 1.99. The SMILES string of the molecule is COCCCCNc1ccnc(N(C)C)n1.